The van der Waals surface area contributed by atoms with E-state index >= 15 is 0 Å². The van der Waals surface area contributed by atoms with Crippen LogP contribution in [0.2, 0.25) is 0 Å². The summed E-state index contributed by atoms with van der Waals surface area (Å²) in [4.78, 5) is 0. The molecule has 0 aromatic heterocycles. The summed E-state index contributed by atoms with van der Waals surface area (Å²) < 4.78 is 45.3. The maximum atomic E-state index is 10.4. The van der Waals surface area contributed by atoms with Gasteiger partial charge in [0.25, 0.3) is 0 Å². The molecule has 0 aliphatic rings. The monoisotopic (exact) mass is 891 g/mol. The molecule has 0 heterocycles. The Labute approximate surface area is 384 Å². The van der Waals surface area contributed by atoms with Crippen molar-refractivity contribution in [2.24, 2.45) is 5.92 Å². The Hall–Kier alpha value is -0.400. The Morgan fingerprint density at radius 1 is 0.274 bits per heavy atom. The molecule has 0 aliphatic heterocycles. The van der Waals surface area contributed by atoms with Crippen LogP contribution in [-0.4, -0.2) is 129 Å². The normalized spacial score (nSPS) is 12.8. The summed E-state index contributed by atoms with van der Waals surface area (Å²) in [5.74, 6) is 0.340. The van der Waals surface area contributed by atoms with Crippen LogP contribution >= 0.6 is 0 Å². The molecule has 0 aromatic carbocycles. The summed E-state index contributed by atoms with van der Waals surface area (Å²) in [6.45, 7) is 12.6. The molecule has 10 nitrogen and oxygen atoms in total. The molecule has 0 rings (SSSR count). The lowest BCUT2D eigenvalue weighted by Crippen LogP contribution is -2.30. The van der Waals surface area contributed by atoms with Gasteiger partial charge in [0.15, 0.2) is 0 Å². The zero-order valence-electron chi connectivity index (χ0n) is 41.3. The van der Waals surface area contributed by atoms with Crippen LogP contribution in [0.15, 0.2) is 0 Å². The SMILES string of the molecule is CCCCCCCCCCCCCCCCCCOCCCC(CCCCCCCCCCCCCC)C(CO)OCCOCCOCCOCCOCCOCCOCCO. The first kappa shape index (κ1) is 61.6. The molecule has 374 valence electrons. The second-order valence-electron chi connectivity index (χ2n) is 17.5. The predicted octanol–water partition coefficient (Wildman–Crippen LogP) is 12.2. The van der Waals surface area contributed by atoms with E-state index in [0.29, 0.717) is 91.8 Å². The van der Waals surface area contributed by atoms with E-state index in [1.165, 1.54) is 180 Å². The minimum absolute atomic E-state index is 0.0285. The van der Waals surface area contributed by atoms with Crippen molar-refractivity contribution < 1.29 is 48.1 Å². The van der Waals surface area contributed by atoms with Crippen molar-refractivity contribution in [1.82, 2.24) is 0 Å². The fourth-order valence-corrected chi connectivity index (χ4v) is 7.93. The molecule has 0 aromatic rings. The van der Waals surface area contributed by atoms with Crippen LogP contribution in [-0.2, 0) is 37.9 Å². The van der Waals surface area contributed by atoms with E-state index in [-0.39, 0.29) is 19.3 Å². The minimum Gasteiger partial charge on any atom is -0.394 e. The summed E-state index contributed by atoms with van der Waals surface area (Å²) in [6.07, 6.45) is 41.4. The van der Waals surface area contributed by atoms with Crippen LogP contribution in [0.3, 0.4) is 0 Å². The lowest BCUT2D eigenvalue weighted by Gasteiger charge is -2.26. The van der Waals surface area contributed by atoms with Crippen molar-refractivity contribution in [3.63, 3.8) is 0 Å². The van der Waals surface area contributed by atoms with Crippen LogP contribution in [0.25, 0.3) is 0 Å². The fraction of sp³-hybridized carbons (Fsp3) is 1.00. The van der Waals surface area contributed by atoms with Crippen molar-refractivity contribution in [2.75, 3.05) is 112 Å². The van der Waals surface area contributed by atoms with E-state index in [9.17, 15) is 5.11 Å². The smallest absolute Gasteiger partial charge is 0.0834 e. The molecule has 10 heteroatoms. The van der Waals surface area contributed by atoms with Crippen molar-refractivity contribution in [3.05, 3.63) is 0 Å². The molecule has 2 atom stereocenters. The number of aliphatic hydroxyl groups excluding tert-OH is 2. The zero-order valence-corrected chi connectivity index (χ0v) is 41.3. The number of unbranched alkanes of at least 4 members (excludes halogenated alkanes) is 26. The molecule has 0 amide bonds. The topological polar surface area (TPSA) is 114 Å². The third-order valence-corrected chi connectivity index (χ3v) is 11.8. The Balaban J connectivity index is 4.10. The molecule has 0 radical (unpaired) electrons. The van der Waals surface area contributed by atoms with E-state index in [1.54, 1.807) is 0 Å². The molecular formula is C52H106O10. The highest BCUT2D eigenvalue weighted by Gasteiger charge is 2.21. The molecule has 0 saturated heterocycles. The first-order valence-electron chi connectivity index (χ1n) is 26.7. The molecule has 0 saturated carbocycles. The molecule has 2 N–H and O–H groups in total. The molecule has 0 aliphatic carbocycles. The lowest BCUT2D eigenvalue weighted by atomic mass is 9.90. The maximum absolute atomic E-state index is 10.4. The Morgan fingerprint density at radius 2 is 0.548 bits per heavy atom. The fourth-order valence-electron chi connectivity index (χ4n) is 7.93. The summed E-state index contributed by atoms with van der Waals surface area (Å²) in [6, 6.07) is 0. The maximum Gasteiger partial charge on any atom is 0.0834 e. The van der Waals surface area contributed by atoms with E-state index in [2.05, 4.69) is 13.8 Å². The van der Waals surface area contributed by atoms with Gasteiger partial charge < -0.3 is 48.1 Å². The van der Waals surface area contributed by atoms with Crippen LogP contribution in [0.4, 0.5) is 0 Å². The highest BCUT2D eigenvalue weighted by Crippen LogP contribution is 2.23. The quantitative estimate of drug-likeness (QED) is 0.0572. The number of rotatable bonds is 57. The molecule has 0 bridgehead atoms. The standard InChI is InChI=1S/C52H106O10/c1-3-5-7-9-11-13-15-17-18-19-20-22-24-26-28-30-35-55-36-31-33-51(32-29-27-25-23-21-16-14-12-10-8-6-4-2)52(50-54)62-49-48-61-47-46-60-45-44-59-43-42-58-41-40-57-39-38-56-37-34-53/h51-54H,3-50H2,1-2H3. The van der Waals surface area contributed by atoms with Crippen molar-refractivity contribution in [2.45, 2.75) is 219 Å². The van der Waals surface area contributed by atoms with Gasteiger partial charge in [0.1, 0.15) is 0 Å². The summed E-state index contributed by atoms with van der Waals surface area (Å²) >= 11 is 0. The van der Waals surface area contributed by atoms with Crippen molar-refractivity contribution >= 4 is 0 Å². The summed E-state index contributed by atoms with van der Waals surface area (Å²) in [5, 5.41) is 19.0. The van der Waals surface area contributed by atoms with E-state index in [0.717, 1.165) is 32.5 Å². The first-order valence-corrected chi connectivity index (χ1v) is 26.7. The molecule has 62 heavy (non-hydrogen) atoms. The van der Waals surface area contributed by atoms with Gasteiger partial charge in [-0.05, 0) is 31.6 Å². The highest BCUT2D eigenvalue weighted by molar-refractivity contribution is 4.71. The Kier molecular flexibility index (Phi) is 56.4. The van der Waals surface area contributed by atoms with E-state index in [4.69, 9.17) is 43.0 Å². The van der Waals surface area contributed by atoms with Gasteiger partial charge in [-0.25, -0.2) is 0 Å². The zero-order chi connectivity index (χ0) is 44.8. The predicted molar refractivity (Wildman–Crippen MR) is 258 cm³/mol. The minimum atomic E-state index is -0.159. The Bertz CT molecular complexity index is 778. The largest absolute Gasteiger partial charge is 0.394 e. The third kappa shape index (κ3) is 50.6. The number of hydrogen-bond acceptors (Lipinski definition) is 10. The second kappa shape index (κ2) is 56.7. The highest BCUT2D eigenvalue weighted by atomic mass is 16.6. The van der Waals surface area contributed by atoms with Gasteiger partial charge in [-0.1, -0.05) is 187 Å². The number of ether oxygens (including phenoxy) is 8. The Morgan fingerprint density at radius 3 is 0.903 bits per heavy atom. The summed E-state index contributed by atoms with van der Waals surface area (Å²) in [7, 11) is 0. The average molecular weight is 891 g/mol. The molecule has 0 spiro atoms. The van der Waals surface area contributed by atoms with Crippen molar-refractivity contribution in [3.8, 4) is 0 Å². The van der Waals surface area contributed by atoms with Gasteiger partial charge in [0.05, 0.1) is 105 Å². The van der Waals surface area contributed by atoms with Crippen molar-refractivity contribution in [1.29, 1.82) is 0 Å². The van der Waals surface area contributed by atoms with Gasteiger partial charge >= 0.3 is 0 Å². The van der Waals surface area contributed by atoms with Gasteiger partial charge in [-0.3, -0.25) is 0 Å². The first-order chi connectivity index (χ1) is 30.8. The molecular weight excluding hydrogens is 785 g/mol. The number of hydrogen-bond donors (Lipinski definition) is 2. The van der Waals surface area contributed by atoms with Gasteiger partial charge in [0, 0.05) is 13.2 Å². The van der Waals surface area contributed by atoms with E-state index in [1.807, 2.05) is 0 Å². The lowest BCUT2D eigenvalue weighted by molar-refractivity contribution is -0.0582. The van der Waals surface area contributed by atoms with Crippen LogP contribution in [0.1, 0.15) is 213 Å². The molecule has 0 fully saturated rings. The van der Waals surface area contributed by atoms with E-state index < -0.39 is 0 Å². The second-order valence-corrected chi connectivity index (χ2v) is 17.5. The van der Waals surface area contributed by atoms with Crippen LogP contribution in [0.5, 0.6) is 0 Å². The van der Waals surface area contributed by atoms with Gasteiger partial charge in [-0.15, -0.1) is 0 Å². The van der Waals surface area contributed by atoms with Crippen LogP contribution in [0, 0.1) is 5.92 Å². The average Bonchev–Trinajstić information content (AvgIpc) is 3.28. The summed E-state index contributed by atoms with van der Waals surface area (Å²) in [5.41, 5.74) is 0. The number of aliphatic hydroxyl groups is 2. The molecule has 2 unspecified atom stereocenters. The van der Waals surface area contributed by atoms with Gasteiger partial charge in [0.2, 0.25) is 0 Å². The third-order valence-electron chi connectivity index (χ3n) is 11.8. The van der Waals surface area contributed by atoms with Crippen LogP contribution < -0.4 is 0 Å². The van der Waals surface area contributed by atoms with Gasteiger partial charge in [-0.2, -0.15) is 0 Å².